The summed E-state index contributed by atoms with van der Waals surface area (Å²) in [5, 5.41) is 0.794. The van der Waals surface area contributed by atoms with Gasteiger partial charge >= 0.3 is 0 Å². The summed E-state index contributed by atoms with van der Waals surface area (Å²) < 4.78 is 0. The van der Waals surface area contributed by atoms with Gasteiger partial charge in [-0.25, -0.2) is 0 Å². The molecule has 1 nitrogen and oxygen atoms in total. The van der Waals surface area contributed by atoms with Crippen molar-refractivity contribution in [1.29, 1.82) is 0 Å². The molecule has 0 aliphatic rings. The van der Waals surface area contributed by atoms with Gasteiger partial charge in [0.25, 0.3) is 0 Å². The fraction of sp³-hybridized carbons (Fsp3) is 0.143. The van der Waals surface area contributed by atoms with Gasteiger partial charge in [-0.3, -0.25) is 0 Å². The molecule has 0 heterocycles. The maximum atomic E-state index is 5.77. The van der Waals surface area contributed by atoms with E-state index in [-0.39, 0.29) is 24.0 Å². The normalized spacial score (nSPS) is 8.70. The van der Waals surface area contributed by atoms with Gasteiger partial charge in [0.15, 0.2) is 0 Å². The number of hydrogen-bond acceptors (Lipinski definition) is 0. The summed E-state index contributed by atoms with van der Waals surface area (Å²) in [7, 11) is 0. The predicted molar refractivity (Wildman–Crippen MR) is 38.7 cm³/mol. The van der Waals surface area contributed by atoms with Crippen LogP contribution in [0.25, 0.3) is 0 Å². The van der Waals surface area contributed by atoms with E-state index < -0.39 is 0 Å². The third-order valence-corrected chi connectivity index (χ3v) is 1.79. The third kappa shape index (κ3) is 2.11. The highest BCUT2D eigenvalue weighted by Gasteiger charge is 1.98. The summed E-state index contributed by atoms with van der Waals surface area (Å²) in [5.74, 6) is 0. The van der Waals surface area contributed by atoms with Gasteiger partial charge in [-0.15, -0.1) is 0 Å². The molecule has 0 bridgehead atoms. The van der Waals surface area contributed by atoms with Crippen molar-refractivity contribution in [3.63, 3.8) is 0 Å². The van der Waals surface area contributed by atoms with Gasteiger partial charge in [0.05, 0.1) is 0 Å². The van der Waals surface area contributed by atoms with Gasteiger partial charge in [-0.1, -0.05) is 17.7 Å². The van der Waals surface area contributed by atoms with Crippen molar-refractivity contribution >= 4 is 17.3 Å². The Morgan fingerprint density at radius 3 is 2.40 bits per heavy atom. The SMILES string of the molecule is Cc1c([NH3+])cccc1Cl.[I-]. The topological polar surface area (TPSA) is 27.6 Å². The second-order valence-corrected chi connectivity index (χ2v) is 2.43. The molecule has 10 heavy (non-hydrogen) atoms. The van der Waals surface area contributed by atoms with Crippen LogP contribution in [0.15, 0.2) is 18.2 Å². The van der Waals surface area contributed by atoms with Crippen molar-refractivity contribution in [2.45, 2.75) is 6.92 Å². The highest BCUT2D eigenvalue weighted by atomic mass is 127. The quantitative estimate of drug-likeness (QED) is 0.557. The van der Waals surface area contributed by atoms with Gasteiger partial charge in [-0.05, 0) is 19.1 Å². The fourth-order valence-corrected chi connectivity index (χ4v) is 0.846. The molecule has 0 saturated carbocycles. The standard InChI is InChI=1S/C7H8ClN.HI/c1-5-6(8)3-2-4-7(5)9;/h2-4H,9H2,1H3;1H. The van der Waals surface area contributed by atoms with Crippen LogP contribution in [-0.2, 0) is 0 Å². The Labute approximate surface area is 82.6 Å². The first-order valence-corrected chi connectivity index (χ1v) is 3.16. The Morgan fingerprint density at radius 1 is 1.40 bits per heavy atom. The van der Waals surface area contributed by atoms with Gasteiger partial charge in [-0.2, -0.15) is 0 Å². The third-order valence-electron chi connectivity index (χ3n) is 1.38. The van der Waals surface area contributed by atoms with Crippen LogP contribution >= 0.6 is 11.6 Å². The Hall–Kier alpha value is 0.200. The average Bonchev–Trinajstić information content (AvgIpc) is 1.83. The molecule has 0 aliphatic heterocycles. The molecule has 0 aliphatic carbocycles. The summed E-state index contributed by atoms with van der Waals surface area (Å²) in [6.07, 6.45) is 0. The minimum absolute atomic E-state index is 0. The summed E-state index contributed by atoms with van der Waals surface area (Å²) >= 11 is 5.77. The van der Waals surface area contributed by atoms with Crippen LogP contribution in [0, 0.1) is 6.92 Å². The maximum Gasteiger partial charge on any atom is 0.132 e. The van der Waals surface area contributed by atoms with E-state index >= 15 is 0 Å². The second kappa shape index (κ2) is 4.16. The van der Waals surface area contributed by atoms with Gasteiger partial charge < -0.3 is 29.7 Å². The largest absolute Gasteiger partial charge is 1.00 e. The van der Waals surface area contributed by atoms with Gasteiger partial charge in [0, 0.05) is 10.6 Å². The Balaban J connectivity index is 0.000000810. The van der Waals surface area contributed by atoms with Crippen molar-refractivity contribution in [3.8, 4) is 0 Å². The zero-order valence-corrected chi connectivity index (χ0v) is 8.61. The number of benzene rings is 1. The van der Waals surface area contributed by atoms with Crippen LogP contribution in [0.3, 0.4) is 0 Å². The first-order chi connectivity index (χ1) is 4.22. The smallest absolute Gasteiger partial charge is 0.132 e. The Bertz CT molecular complexity index is 205. The number of rotatable bonds is 0. The monoisotopic (exact) mass is 269 g/mol. The van der Waals surface area contributed by atoms with E-state index in [9.17, 15) is 0 Å². The molecular formula is C7H9ClIN. The summed E-state index contributed by atoms with van der Waals surface area (Å²) in [6.45, 7) is 1.96. The van der Waals surface area contributed by atoms with Crippen molar-refractivity contribution in [3.05, 3.63) is 28.8 Å². The first kappa shape index (κ1) is 10.2. The van der Waals surface area contributed by atoms with Crippen molar-refractivity contribution in [2.75, 3.05) is 0 Å². The first-order valence-electron chi connectivity index (χ1n) is 2.79. The molecule has 0 radical (unpaired) electrons. The van der Waals surface area contributed by atoms with Gasteiger partial charge in [0.1, 0.15) is 5.69 Å². The zero-order valence-electron chi connectivity index (χ0n) is 5.70. The van der Waals surface area contributed by atoms with E-state index in [2.05, 4.69) is 5.73 Å². The van der Waals surface area contributed by atoms with Crippen molar-refractivity contribution in [2.24, 2.45) is 0 Å². The fourth-order valence-electron chi connectivity index (χ4n) is 0.652. The van der Waals surface area contributed by atoms with Gasteiger partial charge in [0.2, 0.25) is 0 Å². The molecule has 0 saturated heterocycles. The Morgan fingerprint density at radius 2 is 2.00 bits per heavy atom. The van der Waals surface area contributed by atoms with Crippen LogP contribution < -0.4 is 29.7 Å². The molecular weight excluding hydrogens is 260 g/mol. The van der Waals surface area contributed by atoms with E-state index in [0.717, 1.165) is 16.3 Å². The minimum Gasteiger partial charge on any atom is -1.00 e. The molecule has 3 heteroatoms. The van der Waals surface area contributed by atoms with E-state index in [1.54, 1.807) is 0 Å². The number of quaternary nitrogens is 1. The molecule has 0 unspecified atom stereocenters. The molecule has 0 amide bonds. The zero-order chi connectivity index (χ0) is 6.85. The molecule has 1 rings (SSSR count). The maximum absolute atomic E-state index is 5.77. The van der Waals surface area contributed by atoms with E-state index in [4.69, 9.17) is 11.6 Å². The van der Waals surface area contributed by atoms with Crippen LogP contribution in [0.1, 0.15) is 5.56 Å². The van der Waals surface area contributed by atoms with E-state index in [0.29, 0.717) is 0 Å². The minimum atomic E-state index is 0. The highest BCUT2D eigenvalue weighted by molar-refractivity contribution is 6.31. The molecule has 3 N–H and O–H groups in total. The number of hydrogen-bond donors (Lipinski definition) is 1. The van der Waals surface area contributed by atoms with E-state index in [1.807, 2.05) is 25.1 Å². The van der Waals surface area contributed by atoms with Crippen LogP contribution in [0.4, 0.5) is 5.69 Å². The molecule has 0 spiro atoms. The molecule has 1 aromatic carbocycles. The predicted octanol–water partition coefficient (Wildman–Crippen LogP) is -1.47. The summed E-state index contributed by atoms with van der Waals surface area (Å²) in [5.41, 5.74) is 5.87. The lowest BCUT2D eigenvalue weighted by atomic mass is 10.2. The lowest BCUT2D eigenvalue weighted by Crippen LogP contribution is -3.00. The van der Waals surface area contributed by atoms with Crippen LogP contribution in [0.5, 0.6) is 0 Å². The Kier molecular flexibility index (Phi) is 4.24. The van der Waals surface area contributed by atoms with Crippen LogP contribution in [-0.4, -0.2) is 0 Å². The summed E-state index contributed by atoms with van der Waals surface area (Å²) in [6, 6.07) is 5.71. The molecule has 0 fully saturated rings. The second-order valence-electron chi connectivity index (χ2n) is 2.02. The van der Waals surface area contributed by atoms with Crippen molar-refractivity contribution in [1.82, 2.24) is 0 Å². The number of halogens is 2. The lowest BCUT2D eigenvalue weighted by Gasteiger charge is -1.95. The van der Waals surface area contributed by atoms with Crippen molar-refractivity contribution < 1.29 is 29.7 Å². The highest BCUT2D eigenvalue weighted by Crippen LogP contribution is 2.18. The van der Waals surface area contributed by atoms with E-state index in [1.165, 1.54) is 0 Å². The lowest BCUT2D eigenvalue weighted by molar-refractivity contribution is -0.255. The molecule has 1 aromatic rings. The summed E-state index contributed by atoms with van der Waals surface area (Å²) in [4.78, 5) is 0. The average molecular weight is 270 g/mol. The molecule has 0 atom stereocenters. The van der Waals surface area contributed by atoms with Crippen LogP contribution in [0.2, 0.25) is 5.02 Å². The molecule has 56 valence electrons. The molecule has 0 aromatic heterocycles.